The molecule has 0 spiro atoms. The standard InChI is InChI=1S/C24H16OS/c25-22-12-10-17(14-20(22)16-6-2-1-3-7-16)18-11-13-24-21(15-18)19-8-4-5-9-23(19)26-24/h1-15,25H. The maximum absolute atomic E-state index is 10.3. The highest BCUT2D eigenvalue weighted by Crippen LogP contribution is 2.38. The first-order chi connectivity index (χ1) is 12.8. The van der Waals surface area contributed by atoms with Crippen LogP contribution in [0.1, 0.15) is 0 Å². The molecule has 4 aromatic carbocycles. The summed E-state index contributed by atoms with van der Waals surface area (Å²) in [5.74, 6) is 0.307. The zero-order valence-corrected chi connectivity index (χ0v) is 14.8. The van der Waals surface area contributed by atoms with E-state index in [1.165, 1.54) is 25.7 Å². The Bertz CT molecular complexity index is 1240. The third-order valence-electron chi connectivity index (χ3n) is 4.79. The van der Waals surface area contributed by atoms with Crippen molar-refractivity contribution in [3.63, 3.8) is 0 Å². The SMILES string of the molecule is Oc1ccc(-c2ccc3sc4ccccc4c3c2)cc1-c1ccccc1. The summed E-state index contributed by atoms with van der Waals surface area (Å²) in [6.07, 6.45) is 0. The summed E-state index contributed by atoms with van der Waals surface area (Å²) in [7, 11) is 0. The zero-order valence-electron chi connectivity index (χ0n) is 14.0. The molecule has 1 aromatic heterocycles. The van der Waals surface area contributed by atoms with Gasteiger partial charge in [-0.2, -0.15) is 0 Å². The van der Waals surface area contributed by atoms with Crippen molar-refractivity contribution in [3.8, 4) is 28.0 Å². The minimum atomic E-state index is 0.307. The minimum absolute atomic E-state index is 0.307. The average Bonchev–Trinajstić information content (AvgIpc) is 3.07. The molecule has 0 amide bonds. The average molecular weight is 352 g/mol. The molecule has 0 saturated carbocycles. The van der Waals surface area contributed by atoms with Crippen LogP contribution in [0.5, 0.6) is 5.75 Å². The van der Waals surface area contributed by atoms with Gasteiger partial charge in [-0.1, -0.05) is 60.7 Å². The molecule has 26 heavy (non-hydrogen) atoms. The fourth-order valence-electron chi connectivity index (χ4n) is 3.47. The van der Waals surface area contributed by atoms with Crippen LogP contribution in [0.2, 0.25) is 0 Å². The summed E-state index contributed by atoms with van der Waals surface area (Å²) in [6.45, 7) is 0. The van der Waals surface area contributed by atoms with Gasteiger partial charge >= 0.3 is 0 Å². The molecule has 5 aromatic rings. The van der Waals surface area contributed by atoms with Crippen LogP contribution in [0.15, 0.2) is 91.0 Å². The molecule has 0 bridgehead atoms. The smallest absolute Gasteiger partial charge is 0.123 e. The second kappa shape index (κ2) is 6.01. The molecule has 0 fully saturated rings. The lowest BCUT2D eigenvalue weighted by Gasteiger charge is -2.09. The van der Waals surface area contributed by atoms with E-state index in [-0.39, 0.29) is 0 Å². The number of hydrogen-bond donors (Lipinski definition) is 1. The second-order valence-corrected chi connectivity index (χ2v) is 7.49. The molecule has 0 aliphatic heterocycles. The van der Waals surface area contributed by atoms with E-state index in [2.05, 4.69) is 48.5 Å². The molecule has 2 heteroatoms. The summed E-state index contributed by atoms with van der Waals surface area (Å²) >= 11 is 1.83. The van der Waals surface area contributed by atoms with E-state index < -0.39 is 0 Å². The lowest BCUT2D eigenvalue weighted by atomic mass is 9.97. The summed E-state index contributed by atoms with van der Waals surface area (Å²) in [4.78, 5) is 0. The summed E-state index contributed by atoms with van der Waals surface area (Å²) in [6, 6.07) is 31.0. The Morgan fingerprint density at radius 2 is 1.23 bits per heavy atom. The van der Waals surface area contributed by atoms with Crippen LogP contribution in [0.3, 0.4) is 0 Å². The topological polar surface area (TPSA) is 20.2 Å². The highest BCUT2D eigenvalue weighted by atomic mass is 32.1. The van der Waals surface area contributed by atoms with Crippen molar-refractivity contribution in [1.82, 2.24) is 0 Å². The van der Waals surface area contributed by atoms with E-state index >= 15 is 0 Å². The number of benzene rings is 4. The molecule has 0 unspecified atom stereocenters. The van der Waals surface area contributed by atoms with Crippen LogP contribution >= 0.6 is 11.3 Å². The molecule has 1 N–H and O–H groups in total. The van der Waals surface area contributed by atoms with Crippen LogP contribution in [0.25, 0.3) is 42.4 Å². The van der Waals surface area contributed by atoms with Crippen molar-refractivity contribution in [1.29, 1.82) is 0 Å². The number of phenols is 1. The van der Waals surface area contributed by atoms with Gasteiger partial charge in [-0.3, -0.25) is 0 Å². The van der Waals surface area contributed by atoms with Crippen molar-refractivity contribution >= 4 is 31.5 Å². The second-order valence-electron chi connectivity index (χ2n) is 6.41. The lowest BCUT2D eigenvalue weighted by molar-refractivity contribution is 0.477. The Kier molecular flexibility index (Phi) is 3.51. The molecule has 1 nitrogen and oxygen atoms in total. The van der Waals surface area contributed by atoms with Crippen molar-refractivity contribution in [2.75, 3.05) is 0 Å². The van der Waals surface area contributed by atoms with Gasteiger partial charge in [-0.25, -0.2) is 0 Å². The highest BCUT2D eigenvalue weighted by Gasteiger charge is 2.09. The van der Waals surface area contributed by atoms with Crippen LogP contribution in [-0.4, -0.2) is 5.11 Å². The first kappa shape index (κ1) is 15.2. The molecule has 0 saturated heterocycles. The van der Waals surface area contributed by atoms with Crippen LogP contribution in [0, 0.1) is 0 Å². The first-order valence-electron chi connectivity index (χ1n) is 8.60. The van der Waals surface area contributed by atoms with E-state index in [1.54, 1.807) is 6.07 Å². The van der Waals surface area contributed by atoms with Crippen LogP contribution < -0.4 is 0 Å². The number of aromatic hydroxyl groups is 1. The van der Waals surface area contributed by atoms with Crippen LogP contribution in [-0.2, 0) is 0 Å². The van der Waals surface area contributed by atoms with Gasteiger partial charge in [0.25, 0.3) is 0 Å². The third kappa shape index (κ3) is 2.47. The van der Waals surface area contributed by atoms with E-state index in [4.69, 9.17) is 0 Å². The number of fused-ring (bicyclic) bond motifs is 3. The molecule has 0 aliphatic carbocycles. The Labute approximate surface area is 155 Å². The van der Waals surface area contributed by atoms with E-state index in [9.17, 15) is 5.11 Å². The Morgan fingerprint density at radius 3 is 2.12 bits per heavy atom. The Hall–Kier alpha value is -3.10. The molecule has 0 aliphatic rings. The van der Waals surface area contributed by atoms with Gasteiger partial charge in [0.1, 0.15) is 5.75 Å². The van der Waals surface area contributed by atoms with Crippen molar-refractivity contribution in [2.24, 2.45) is 0 Å². The monoisotopic (exact) mass is 352 g/mol. The van der Waals surface area contributed by atoms with Gasteiger partial charge in [0.15, 0.2) is 0 Å². The van der Waals surface area contributed by atoms with Crippen molar-refractivity contribution in [3.05, 3.63) is 91.0 Å². The highest BCUT2D eigenvalue weighted by molar-refractivity contribution is 7.25. The number of phenolic OH excluding ortho intramolecular Hbond substituents is 1. The van der Waals surface area contributed by atoms with Crippen LogP contribution in [0.4, 0.5) is 0 Å². The van der Waals surface area contributed by atoms with Gasteiger partial charge in [0.05, 0.1) is 0 Å². The molecule has 124 valence electrons. The van der Waals surface area contributed by atoms with Crippen molar-refractivity contribution in [2.45, 2.75) is 0 Å². The predicted molar refractivity (Wildman–Crippen MR) is 112 cm³/mol. The Morgan fingerprint density at radius 1 is 0.538 bits per heavy atom. The molecule has 1 heterocycles. The molecule has 0 atom stereocenters. The normalized spacial score (nSPS) is 11.2. The fourth-order valence-corrected chi connectivity index (χ4v) is 4.56. The molecular weight excluding hydrogens is 336 g/mol. The summed E-state index contributed by atoms with van der Waals surface area (Å²) in [5, 5.41) is 12.9. The zero-order chi connectivity index (χ0) is 17.5. The van der Waals surface area contributed by atoms with E-state index in [1.807, 2.05) is 47.7 Å². The van der Waals surface area contributed by atoms with Gasteiger partial charge in [0.2, 0.25) is 0 Å². The largest absolute Gasteiger partial charge is 0.507 e. The quantitative estimate of drug-likeness (QED) is 0.359. The van der Waals surface area contributed by atoms with E-state index in [0.717, 1.165) is 16.7 Å². The van der Waals surface area contributed by atoms with Gasteiger partial charge in [0, 0.05) is 25.7 Å². The molecule has 0 radical (unpaired) electrons. The predicted octanol–water partition coefficient (Wildman–Crippen LogP) is 7.09. The Balaban J connectivity index is 1.69. The van der Waals surface area contributed by atoms with E-state index in [0.29, 0.717) is 5.75 Å². The third-order valence-corrected chi connectivity index (χ3v) is 5.94. The minimum Gasteiger partial charge on any atom is -0.507 e. The fraction of sp³-hybridized carbons (Fsp3) is 0. The number of rotatable bonds is 2. The van der Waals surface area contributed by atoms with Gasteiger partial charge < -0.3 is 5.11 Å². The first-order valence-corrected chi connectivity index (χ1v) is 9.41. The summed E-state index contributed by atoms with van der Waals surface area (Å²) in [5.41, 5.74) is 4.16. The van der Waals surface area contributed by atoms with Crippen molar-refractivity contribution < 1.29 is 5.11 Å². The maximum atomic E-state index is 10.3. The lowest BCUT2D eigenvalue weighted by Crippen LogP contribution is -1.83. The number of hydrogen-bond acceptors (Lipinski definition) is 2. The van der Waals surface area contributed by atoms with Gasteiger partial charge in [-0.15, -0.1) is 11.3 Å². The van der Waals surface area contributed by atoms with Gasteiger partial charge in [-0.05, 0) is 47.0 Å². The number of thiophene rings is 1. The maximum Gasteiger partial charge on any atom is 0.123 e. The molecule has 5 rings (SSSR count). The summed E-state index contributed by atoms with van der Waals surface area (Å²) < 4.78 is 2.62. The molecular formula is C24H16OS.